The van der Waals surface area contributed by atoms with Crippen LogP contribution < -0.4 is 5.32 Å². The van der Waals surface area contributed by atoms with Crippen LogP contribution in [0, 0.1) is 11.8 Å². The molecule has 4 nitrogen and oxygen atoms in total. The number of carboxylic acid groups (broad SMARTS) is 1. The van der Waals surface area contributed by atoms with Crippen LogP contribution in [0.25, 0.3) is 0 Å². The summed E-state index contributed by atoms with van der Waals surface area (Å²) in [7, 11) is 0. The minimum Gasteiger partial charge on any atom is -0.481 e. The molecule has 0 spiro atoms. The Hall–Kier alpha value is -1.06. The lowest BCUT2D eigenvalue weighted by Gasteiger charge is -2.10. The molecule has 0 saturated carbocycles. The van der Waals surface area contributed by atoms with Gasteiger partial charge in [-0.25, -0.2) is 0 Å². The fourth-order valence-corrected chi connectivity index (χ4v) is 0.887. The summed E-state index contributed by atoms with van der Waals surface area (Å²) < 4.78 is 0. The highest BCUT2D eigenvalue weighted by Crippen LogP contribution is 2.05. The van der Waals surface area contributed by atoms with Crippen LogP contribution in [0.3, 0.4) is 0 Å². The summed E-state index contributed by atoms with van der Waals surface area (Å²) in [6.07, 6.45) is 1.44. The minimum atomic E-state index is -0.881. The summed E-state index contributed by atoms with van der Waals surface area (Å²) in [6, 6.07) is 0. The summed E-state index contributed by atoms with van der Waals surface area (Å²) in [5.74, 6) is -1.10. The van der Waals surface area contributed by atoms with Crippen molar-refractivity contribution < 1.29 is 14.7 Å². The van der Waals surface area contributed by atoms with Gasteiger partial charge in [0.05, 0.1) is 5.92 Å². The first-order valence-corrected chi connectivity index (χ1v) is 4.96. The van der Waals surface area contributed by atoms with E-state index in [1.165, 1.54) is 0 Å². The second kappa shape index (κ2) is 6.40. The normalized spacial score (nSPS) is 14.5. The Morgan fingerprint density at radius 1 is 1.36 bits per heavy atom. The smallest absolute Gasteiger partial charge is 0.308 e. The molecule has 0 bridgehead atoms. The van der Waals surface area contributed by atoms with Gasteiger partial charge in [0.25, 0.3) is 0 Å². The van der Waals surface area contributed by atoms with Crippen LogP contribution >= 0.6 is 0 Å². The number of aliphatic carboxylic acids is 1. The first-order chi connectivity index (χ1) is 6.47. The zero-order valence-corrected chi connectivity index (χ0v) is 9.04. The highest BCUT2D eigenvalue weighted by Gasteiger charge is 2.13. The maximum Gasteiger partial charge on any atom is 0.308 e. The van der Waals surface area contributed by atoms with Gasteiger partial charge >= 0.3 is 5.97 Å². The Kier molecular flexibility index (Phi) is 5.92. The monoisotopic (exact) mass is 201 g/mol. The van der Waals surface area contributed by atoms with Crippen molar-refractivity contribution in [3.05, 3.63) is 0 Å². The van der Waals surface area contributed by atoms with Gasteiger partial charge in [0.2, 0.25) is 5.91 Å². The van der Waals surface area contributed by atoms with E-state index in [1.807, 2.05) is 13.8 Å². The van der Waals surface area contributed by atoms with Crippen LogP contribution in [-0.4, -0.2) is 23.5 Å². The largest absolute Gasteiger partial charge is 0.481 e. The molecule has 0 aromatic rings. The average molecular weight is 201 g/mol. The van der Waals surface area contributed by atoms with Crippen molar-refractivity contribution in [3.63, 3.8) is 0 Å². The van der Waals surface area contributed by atoms with E-state index in [1.54, 1.807) is 6.92 Å². The van der Waals surface area contributed by atoms with Crippen LogP contribution in [0.4, 0.5) is 0 Å². The highest BCUT2D eigenvalue weighted by atomic mass is 16.4. The van der Waals surface area contributed by atoms with Gasteiger partial charge in [0, 0.05) is 13.0 Å². The van der Waals surface area contributed by atoms with E-state index in [4.69, 9.17) is 5.11 Å². The fourth-order valence-electron chi connectivity index (χ4n) is 0.887. The number of amides is 1. The number of carbonyl (C=O) groups is 2. The quantitative estimate of drug-likeness (QED) is 0.680. The first-order valence-electron chi connectivity index (χ1n) is 4.96. The molecule has 0 aliphatic rings. The van der Waals surface area contributed by atoms with E-state index in [2.05, 4.69) is 5.32 Å². The third kappa shape index (κ3) is 5.56. The molecule has 14 heavy (non-hydrogen) atoms. The lowest BCUT2D eigenvalue weighted by Crippen LogP contribution is -2.32. The number of rotatable bonds is 6. The number of hydrogen-bond donors (Lipinski definition) is 2. The average Bonchev–Trinajstić information content (AvgIpc) is 2.13. The van der Waals surface area contributed by atoms with Gasteiger partial charge in [-0.3, -0.25) is 9.59 Å². The SMILES string of the molecule is CCC(C)CC(=O)NCC(C)C(=O)O. The second-order valence-electron chi connectivity index (χ2n) is 3.76. The second-order valence-corrected chi connectivity index (χ2v) is 3.76. The maximum absolute atomic E-state index is 11.2. The Morgan fingerprint density at radius 3 is 2.36 bits per heavy atom. The molecule has 4 heteroatoms. The van der Waals surface area contributed by atoms with Gasteiger partial charge in [-0.1, -0.05) is 27.2 Å². The van der Waals surface area contributed by atoms with E-state index in [0.717, 1.165) is 6.42 Å². The molecular formula is C10H19NO3. The van der Waals surface area contributed by atoms with E-state index in [9.17, 15) is 9.59 Å². The number of nitrogens with one attached hydrogen (secondary N) is 1. The first kappa shape index (κ1) is 12.9. The van der Waals surface area contributed by atoms with Crippen molar-refractivity contribution in [1.29, 1.82) is 0 Å². The van der Waals surface area contributed by atoms with Crippen molar-refractivity contribution in [2.75, 3.05) is 6.54 Å². The standard InChI is InChI=1S/C10H19NO3/c1-4-7(2)5-9(12)11-6-8(3)10(13)14/h7-8H,4-6H2,1-3H3,(H,11,12)(H,13,14). The molecule has 0 aromatic heterocycles. The van der Waals surface area contributed by atoms with Gasteiger partial charge in [0.1, 0.15) is 0 Å². The van der Waals surface area contributed by atoms with Gasteiger partial charge in [-0.2, -0.15) is 0 Å². The van der Waals surface area contributed by atoms with Gasteiger partial charge in [-0.05, 0) is 5.92 Å². The van der Waals surface area contributed by atoms with E-state index in [-0.39, 0.29) is 12.5 Å². The summed E-state index contributed by atoms with van der Waals surface area (Å²) in [5.41, 5.74) is 0. The predicted octanol–water partition coefficient (Wildman–Crippen LogP) is 1.26. The summed E-state index contributed by atoms with van der Waals surface area (Å²) >= 11 is 0. The van der Waals surface area contributed by atoms with Crippen LogP contribution in [0.5, 0.6) is 0 Å². The summed E-state index contributed by atoms with van der Waals surface area (Å²) in [6.45, 7) is 5.81. The van der Waals surface area contributed by atoms with Crippen molar-refractivity contribution >= 4 is 11.9 Å². The van der Waals surface area contributed by atoms with Gasteiger partial charge < -0.3 is 10.4 Å². The molecule has 2 N–H and O–H groups in total. The summed E-state index contributed by atoms with van der Waals surface area (Å²) in [4.78, 5) is 21.7. The molecule has 0 radical (unpaired) electrons. The van der Waals surface area contributed by atoms with Crippen molar-refractivity contribution in [1.82, 2.24) is 5.32 Å². The lowest BCUT2D eigenvalue weighted by atomic mass is 10.0. The molecule has 1 amide bonds. The van der Waals surface area contributed by atoms with Gasteiger partial charge in [-0.15, -0.1) is 0 Å². The van der Waals surface area contributed by atoms with Crippen LogP contribution in [-0.2, 0) is 9.59 Å². The van der Waals surface area contributed by atoms with Crippen molar-refractivity contribution in [2.45, 2.75) is 33.6 Å². The van der Waals surface area contributed by atoms with Crippen LogP contribution in [0.2, 0.25) is 0 Å². The molecule has 0 saturated heterocycles. The topological polar surface area (TPSA) is 66.4 Å². The molecule has 0 fully saturated rings. The highest BCUT2D eigenvalue weighted by molar-refractivity contribution is 5.77. The maximum atomic E-state index is 11.2. The Labute approximate surface area is 84.7 Å². The Morgan fingerprint density at radius 2 is 1.93 bits per heavy atom. The molecule has 0 heterocycles. The van der Waals surface area contributed by atoms with E-state index in [0.29, 0.717) is 12.3 Å². The molecular weight excluding hydrogens is 182 g/mol. The van der Waals surface area contributed by atoms with Crippen LogP contribution in [0.1, 0.15) is 33.6 Å². The number of hydrogen-bond acceptors (Lipinski definition) is 2. The lowest BCUT2D eigenvalue weighted by molar-refractivity contribution is -0.141. The molecule has 0 aromatic carbocycles. The van der Waals surface area contributed by atoms with E-state index < -0.39 is 11.9 Å². The number of carbonyl (C=O) groups excluding carboxylic acids is 1. The molecule has 0 aliphatic carbocycles. The van der Waals surface area contributed by atoms with Crippen molar-refractivity contribution in [2.24, 2.45) is 11.8 Å². The molecule has 0 rings (SSSR count). The fraction of sp³-hybridized carbons (Fsp3) is 0.800. The molecule has 2 unspecified atom stereocenters. The molecule has 82 valence electrons. The van der Waals surface area contributed by atoms with Crippen LogP contribution in [0.15, 0.2) is 0 Å². The zero-order chi connectivity index (χ0) is 11.1. The van der Waals surface area contributed by atoms with Gasteiger partial charge in [0.15, 0.2) is 0 Å². The van der Waals surface area contributed by atoms with Crippen molar-refractivity contribution in [3.8, 4) is 0 Å². The third-order valence-electron chi connectivity index (χ3n) is 2.26. The zero-order valence-electron chi connectivity index (χ0n) is 9.04. The minimum absolute atomic E-state index is 0.0625. The Bertz CT molecular complexity index is 204. The predicted molar refractivity (Wildman–Crippen MR) is 53.9 cm³/mol. The third-order valence-corrected chi connectivity index (χ3v) is 2.26. The Balaban J connectivity index is 3.69. The number of carboxylic acids is 1. The molecule has 2 atom stereocenters. The molecule has 0 aliphatic heterocycles. The summed E-state index contributed by atoms with van der Waals surface area (Å²) in [5, 5.41) is 11.2. The van der Waals surface area contributed by atoms with E-state index >= 15 is 0 Å².